The number of rotatable bonds is 5. The van der Waals surface area contributed by atoms with Crippen LogP contribution in [0.4, 0.5) is 0 Å². The molecule has 116 valence electrons. The van der Waals surface area contributed by atoms with Gasteiger partial charge in [-0.15, -0.1) is 0 Å². The van der Waals surface area contributed by atoms with Crippen molar-refractivity contribution in [3.05, 3.63) is 66.0 Å². The molecule has 1 saturated heterocycles. The molecule has 3 rings (SSSR count). The average molecular weight is 296 g/mol. The van der Waals surface area contributed by atoms with Crippen molar-refractivity contribution in [3.8, 4) is 0 Å². The molecule has 1 fully saturated rings. The van der Waals surface area contributed by atoms with Crippen LogP contribution in [0.25, 0.3) is 0 Å². The lowest BCUT2D eigenvalue weighted by Crippen LogP contribution is -2.49. The summed E-state index contributed by atoms with van der Waals surface area (Å²) in [6.07, 6.45) is 1.88. The van der Waals surface area contributed by atoms with Gasteiger partial charge in [-0.25, -0.2) is 0 Å². The monoisotopic (exact) mass is 296 g/mol. The highest BCUT2D eigenvalue weighted by atomic mass is 15.3. The second-order valence-electron chi connectivity index (χ2n) is 5.73. The maximum absolute atomic E-state index is 5.67. The van der Waals surface area contributed by atoms with Crippen LogP contribution in [-0.2, 0) is 0 Å². The van der Waals surface area contributed by atoms with Crippen molar-refractivity contribution in [2.24, 2.45) is 5.73 Å². The number of aromatic nitrogens is 1. The highest BCUT2D eigenvalue weighted by Crippen LogP contribution is 2.27. The zero-order chi connectivity index (χ0) is 15.2. The SMILES string of the molecule is NCCN1CCN([C@H](c2ccccc2)c2ccccn2)CC1. The maximum atomic E-state index is 5.67. The molecule has 1 atom stereocenters. The summed E-state index contributed by atoms with van der Waals surface area (Å²) in [4.78, 5) is 9.58. The first-order chi connectivity index (χ1) is 10.9. The summed E-state index contributed by atoms with van der Waals surface area (Å²) < 4.78 is 0. The first-order valence-electron chi connectivity index (χ1n) is 8.01. The van der Waals surface area contributed by atoms with Gasteiger partial charge in [-0.2, -0.15) is 0 Å². The molecule has 1 aliphatic rings. The van der Waals surface area contributed by atoms with E-state index in [0.29, 0.717) is 0 Å². The van der Waals surface area contributed by atoms with Crippen LogP contribution < -0.4 is 5.73 Å². The Morgan fingerprint density at radius 1 is 0.955 bits per heavy atom. The lowest BCUT2D eigenvalue weighted by Gasteiger charge is -2.39. The van der Waals surface area contributed by atoms with Crippen molar-refractivity contribution >= 4 is 0 Å². The summed E-state index contributed by atoms with van der Waals surface area (Å²) in [5.41, 5.74) is 8.11. The van der Waals surface area contributed by atoms with E-state index in [1.165, 1.54) is 5.56 Å². The molecule has 1 aromatic carbocycles. The number of hydrogen-bond donors (Lipinski definition) is 1. The number of nitrogens with two attached hydrogens (primary N) is 1. The minimum atomic E-state index is 0.238. The third-order valence-corrected chi connectivity index (χ3v) is 4.30. The summed E-state index contributed by atoms with van der Waals surface area (Å²) in [7, 11) is 0. The van der Waals surface area contributed by atoms with E-state index in [4.69, 9.17) is 5.73 Å². The second-order valence-corrected chi connectivity index (χ2v) is 5.73. The Morgan fingerprint density at radius 2 is 1.68 bits per heavy atom. The predicted molar refractivity (Wildman–Crippen MR) is 89.6 cm³/mol. The Morgan fingerprint density at radius 3 is 2.32 bits per heavy atom. The first-order valence-corrected chi connectivity index (χ1v) is 8.01. The number of nitrogens with zero attached hydrogens (tertiary/aromatic N) is 3. The number of hydrogen-bond acceptors (Lipinski definition) is 4. The van der Waals surface area contributed by atoms with E-state index >= 15 is 0 Å². The smallest absolute Gasteiger partial charge is 0.0777 e. The summed E-state index contributed by atoms with van der Waals surface area (Å²) in [6.45, 7) is 5.99. The van der Waals surface area contributed by atoms with Crippen LogP contribution >= 0.6 is 0 Å². The van der Waals surface area contributed by atoms with Gasteiger partial charge < -0.3 is 5.73 Å². The molecular weight excluding hydrogens is 272 g/mol. The van der Waals surface area contributed by atoms with Crippen LogP contribution in [0.2, 0.25) is 0 Å². The van der Waals surface area contributed by atoms with E-state index in [-0.39, 0.29) is 6.04 Å². The van der Waals surface area contributed by atoms with E-state index in [9.17, 15) is 0 Å². The summed E-state index contributed by atoms with van der Waals surface area (Å²) >= 11 is 0. The zero-order valence-corrected chi connectivity index (χ0v) is 12.9. The van der Waals surface area contributed by atoms with Gasteiger partial charge in [0.05, 0.1) is 11.7 Å². The zero-order valence-electron chi connectivity index (χ0n) is 12.9. The molecule has 0 saturated carbocycles. The van der Waals surface area contributed by atoms with Gasteiger partial charge in [0.1, 0.15) is 0 Å². The highest BCUT2D eigenvalue weighted by Gasteiger charge is 2.26. The van der Waals surface area contributed by atoms with Gasteiger partial charge in [0.2, 0.25) is 0 Å². The molecule has 1 aliphatic heterocycles. The van der Waals surface area contributed by atoms with Crippen LogP contribution in [0, 0.1) is 0 Å². The van der Waals surface area contributed by atoms with Gasteiger partial charge in [-0.05, 0) is 17.7 Å². The number of benzene rings is 1. The molecule has 0 amide bonds. The molecule has 2 aromatic rings. The summed E-state index contributed by atoms with van der Waals surface area (Å²) in [6, 6.07) is 17.1. The standard InChI is InChI=1S/C18H24N4/c19-9-11-21-12-14-22(15-13-21)18(16-6-2-1-3-7-16)17-8-4-5-10-20-17/h1-8,10,18H,9,11-15,19H2/t18-/m1/s1. The molecule has 0 aliphatic carbocycles. The Kier molecular flexibility index (Phi) is 5.16. The fraction of sp³-hybridized carbons (Fsp3) is 0.389. The molecule has 0 radical (unpaired) electrons. The van der Waals surface area contributed by atoms with Crippen LogP contribution in [0.1, 0.15) is 17.3 Å². The second kappa shape index (κ2) is 7.49. The molecule has 0 unspecified atom stereocenters. The van der Waals surface area contributed by atoms with Crippen LogP contribution in [0.5, 0.6) is 0 Å². The van der Waals surface area contributed by atoms with Gasteiger partial charge in [0, 0.05) is 45.5 Å². The molecule has 2 N–H and O–H groups in total. The van der Waals surface area contributed by atoms with Gasteiger partial charge in [-0.1, -0.05) is 36.4 Å². The average Bonchev–Trinajstić information content (AvgIpc) is 2.59. The van der Waals surface area contributed by atoms with E-state index in [0.717, 1.165) is 45.0 Å². The number of pyridine rings is 1. The quantitative estimate of drug-likeness (QED) is 0.913. The van der Waals surface area contributed by atoms with E-state index in [2.05, 4.69) is 57.2 Å². The summed E-state index contributed by atoms with van der Waals surface area (Å²) in [5.74, 6) is 0. The first kappa shape index (κ1) is 15.2. The van der Waals surface area contributed by atoms with Gasteiger partial charge in [0.15, 0.2) is 0 Å². The van der Waals surface area contributed by atoms with Crippen molar-refractivity contribution in [3.63, 3.8) is 0 Å². The molecule has 4 heteroatoms. The third-order valence-electron chi connectivity index (χ3n) is 4.30. The lowest BCUT2D eigenvalue weighted by atomic mass is 10.0. The molecule has 4 nitrogen and oxygen atoms in total. The minimum absolute atomic E-state index is 0.238. The molecular formula is C18H24N4. The predicted octanol–water partition coefficient (Wildman–Crippen LogP) is 1.75. The largest absolute Gasteiger partial charge is 0.329 e. The van der Waals surface area contributed by atoms with Crippen molar-refractivity contribution in [2.45, 2.75) is 6.04 Å². The van der Waals surface area contributed by atoms with Gasteiger partial charge >= 0.3 is 0 Å². The molecule has 2 heterocycles. The van der Waals surface area contributed by atoms with Crippen LogP contribution in [-0.4, -0.2) is 54.1 Å². The summed E-state index contributed by atoms with van der Waals surface area (Å²) in [5, 5.41) is 0. The Balaban J connectivity index is 1.81. The topological polar surface area (TPSA) is 45.4 Å². The van der Waals surface area contributed by atoms with E-state index < -0.39 is 0 Å². The van der Waals surface area contributed by atoms with E-state index in [1.54, 1.807) is 0 Å². The van der Waals surface area contributed by atoms with Crippen molar-refractivity contribution in [1.82, 2.24) is 14.8 Å². The molecule has 1 aromatic heterocycles. The van der Waals surface area contributed by atoms with Crippen LogP contribution in [0.3, 0.4) is 0 Å². The van der Waals surface area contributed by atoms with Crippen LogP contribution in [0.15, 0.2) is 54.7 Å². The third kappa shape index (κ3) is 3.53. The van der Waals surface area contributed by atoms with Crippen molar-refractivity contribution < 1.29 is 0 Å². The normalized spacial score (nSPS) is 18.2. The lowest BCUT2D eigenvalue weighted by molar-refractivity contribution is 0.110. The number of piperazine rings is 1. The molecule has 0 spiro atoms. The fourth-order valence-electron chi connectivity index (χ4n) is 3.17. The molecule has 0 bridgehead atoms. The Labute approximate surface area is 132 Å². The maximum Gasteiger partial charge on any atom is 0.0777 e. The minimum Gasteiger partial charge on any atom is -0.329 e. The highest BCUT2D eigenvalue weighted by molar-refractivity contribution is 5.28. The van der Waals surface area contributed by atoms with Crippen molar-refractivity contribution in [2.75, 3.05) is 39.3 Å². The van der Waals surface area contributed by atoms with Gasteiger partial charge in [0.25, 0.3) is 0 Å². The Bertz CT molecular complexity index is 510. The Hall–Kier alpha value is -1.75. The van der Waals surface area contributed by atoms with Crippen molar-refractivity contribution in [1.29, 1.82) is 0 Å². The molecule has 22 heavy (non-hydrogen) atoms. The van der Waals surface area contributed by atoms with Gasteiger partial charge in [-0.3, -0.25) is 14.8 Å². The fourth-order valence-corrected chi connectivity index (χ4v) is 3.17. The van der Waals surface area contributed by atoms with E-state index in [1.807, 2.05) is 12.3 Å².